The molecule has 2 heterocycles. The van der Waals surface area contributed by atoms with Crippen LogP contribution in [-0.2, 0) is 12.8 Å². The van der Waals surface area contributed by atoms with Gasteiger partial charge in [0.15, 0.2) is 0 Å². The van der Waals surface area contributed by atoms with Crippen LogP contribution >= 0.6 is 11.3 Å². The number of nitrogens with one attached hydrogen (secondary N) is 1. The summed E-state index contributed by atoms with van der Waals surface area (Å²) in [6.07, 6.45) is 5.02. The number of rotatable bonds is 2. The van der Waals surface area contributed by atoms with Crippen molar-refractivity contribution >= 4 is 11.3 Å². The topological polar surface area (TPSA) is 36.0 Å². The molecule has 2 N–H and O–H groups in total. The molecule has 1 atom stereocenters. The van der Waals surface area contributed by atoms with Gasteiger partial charge in [0.25, 0.3) is 0 Å². The quantitative estimate of drug-likeness (QED) is 0.800. The van der Waals surface area contributed by atoms with Crippen LogP contribution in [0.4, 0.5) is 0 Å². The molecule has 3 rings (SSSR count). The van der Waals surface area contributed by atoms with Crippen molar-refractivity contribution < 1.29 is 5.11 Å². The van der Waals surface area contributed by atoms with Crippen molar-refractivity contribution in [1.82, 2.24) is 4.98 Å². The Hall–Kier alpha value is -1.06. The Morgan fingerprint density at radius 1 is 1.40 bits per heavy atom. The van der Waals surface area contributed by atoms with Gasteiger partial charge in [0.05, 0.1) is 0 Å². The maximum atomic E-state index is 10.1. The molecular weight excluding hydrogens is 206 g/mol. The molecule has 0 spiro atoms. The molecule has 3 heteroatoms. The van der Waals surface area contributed by atoms with E-state index >= 15 is 0 Å². The van der Waals surface area contributed by atoms with Crippen LogP contribution in [-0.4, -0.2) is 10.1 Å². The van der Waals surface area contributed by atoms with Crippen molar-refractivity contribution in [3.63, 3.8) is 0 Å². The summed E-state index contributed by atoms with van der Waals surface area (Å²) < 4.78 is 0. The summed E-state index contributed by atoms with van der Waals surface area (Å²) in [7, 11) is 0. The third-order valence-corrected chi connectivity index (χ3v) is 4.24. The number of aryl methyl sites for hydroxylation is 2. The van der Waals surface area contributed by atoms with E-state index < -0.39 is 6.10 Å². The van der Waals surface area contributed by atoms with Crippen molar-refractivity contribution in [3.05, 3.63) is 45.4 Å². The first-order valence-electron chi connectivity index (χ1n) is 5.27. The number of thiophene rings is 1. The molecule has 1 unspecified atom stereocenters. The van der Waals surface area contributed by atoms with Gasteiger partial charge in [-0.05, 0) is 43.0 Å². The molecule has 0 amide bonds. The van der Waals surface area contributed by atoms with E-state index in [1.54, 1.807) is 11.3 Å². The number of fused-ring (bicyclic) bond motifs is 1. The Labute approximate surface area is 92.6 Å². The van der Waals surface area contributed by atoms with Gasteiger partial charge < -0.3 is 10.1 Å². The van der Waals surface area contributed by atoms with Crippen LogP contribution < -0.4 is 0 Å². The summed E-state index contributed by atoms with van der Waals surface area (Å²) in [6, 6.07) is 6.01. The number of aliphatic hydroxyl groups excluding tert-OH is 1. The van der Waals surface area contributed by atoms with Crippen LogP contribution in [0.5, 0.6) is 0 Å². The molecule has 2 nitrogen and oxygen atoms in total. The van der Waals surface area contributed by atoms with Gasteiger partial charge in [-0.15, -0.1) is 11.3 Å². The van der Waals surface area contributed by atoms with Gasteiger partial charge in [-0.2, -0.15) is 0 Å². The molecule has 0 radical (unpaired) electrons. The van der Waals surface area contributed by atoms with Crippen molar-refractivity contribution in [2.24, 2.45) is 0 Å². The van der Waals surface area contributed by atoms with E-state index in [2.05, 4.69) is 11.1 Å². The lowest BCUT2D eigenvalue weighted by Gasteiger charge is -2.05. The minimum Gasteiger partial charge on any atom is -0.381 e. The first-order valence-corrected chi connectivity index (χ1v) is 6.09. The van der Waals surface area contributed by atoms with E-state index in [0.717, 1.165) is 10.6 Å². The molecule has 2 aromatic heterocycles. The Bertz CT molecular complexity index is 436. The van der Waals surface area contributed by atoms with E-state index in [9.17, 15) is 5.11 Å². The first-order chi connectivity index (χ1) is 7.34. The summed E-state index contributed by atoms with van der Waals surface area (Å²) in [5.41, 5.74) is 2.33. The van der Waals surface area contributed by atoms with Gasteiger partial charge in [0, 0.05) is 21.6 Å². The number of hydrogen-bond acceptors (Lipinski definition) is 2. The van der Waals surface area contributed by atoms with Crippen LogP contribution in [0.2, 0.25) is 0 Å². The van der Waals surface area contributed by atoms with E-state index in [1.807, 2.05) is 18.3 Å². The van der Waals surface area contributed by atoms with Crippen LogP contribution in [0.15, 0.2) is 24.4 Å². The Morgan fingerprint density at radius 3 is 3.07 bits per heavy atom. The molecular formula is C12H13NOS. The van der Waals surface area contributed by atoms with E-state index in [-0.39, 0.29) is 0 Å². The number of aromatic amines is 1. The van der Waals surface area contributed by atoms with Crippen LogP contribution in [0.25, 0.3) is 0 Å². The SMILES string of the molecule is OC(c1ccc[nH]1)c1cc2c(s1)CCC2. The zero-order valence-electron chi connectivity index (χ0n) is 8.36. The zero-order chi connectivity index (χ0) is 10.3. The molecule has 0 saturated carbocycles. The summed E-state index contributed by atoms with van der Waals surface area (Å²) in [5.74, 6) is 0. The van der Waals surface area contributed by atoms with Gasteiger partial charge in [-0.3, -0.25) is 0 Å². The smallest absolute Gasteiger partial charge is 0.128 e. The molecule has 0 aromatic carbocycles. The summed E-state index contributed by atoms with van der Waals surface area (Å²) in [6.45, 7) is 0. The average Bonchev–Trinajstić information content (AvgIpc) is 2.92. The minimum absolute atomic E-state index is 0.476. The molecule has 0 fully saturated rings. The maximum Gasteiger partial charge on any atom is 0.128 e. The maximum absolute atomic E-state index is 10.1. The van der Waals surface area contributed by atoms with Crippen LogP contribution in [0, 0.1) is 0 Å². The summed E-state index contributed by atoms with van der Waals surface area (Å²) in [4.78, 5) is 5.60. The van der Waals surface area contributed by atoms with Crippen molar-refractivity contribution in [2.75, 3.05) is 0 Å². The fourth-order valence-electron chi connectivity index (χ4n) is 2.15. The Kier molecular flexibility index (Phi) is 2.15. The molecule has 0 aliphatic heterocycles. The summed E-state index contributed by atoms with van der Waals surface area (Å²) in [5, 5.41) is 10.1. The number of hydrogen-bond donors (Lipinski definition) is 2. The second-order valence-electron chi connectivity index (χ2n) is 3.98. The second kappa shape index (κ2) is 3.51. The molecule has 1 aliphatic rings. The normalized spacial score (nSPS) is 16.6. The Morgan fingerprint density at radius 2 is 2.33 bits per heavy atom. The highest BCUT2D eigenvalue weighted by molar-refractivity contribution is 7.12. The van der Waals surface area contributed by atoms with Crippen molar-refractivity contribution in [3.8, 4) is 0 Å². The largest absolute Gasteiger partial charge is 0.381 e. The van der Waals surface area contributed by atoms with Gasteiger partial charge >= 0.3 is 0 Å². The molecule has 15 heavy (non-hydrogen) atoms. The number of aliphatic hydroxyl groups is 1. The van der Waals surface area contributed by atoms with Gasteiger partial charge in [-0.25, -0.2) is 0 Å². The van der Waals surface area contributed by atoms with E-state index in [1.165, 1.54) is 29.7 Å². The van der Waals surface area contributed by atoms with Gasteiger partial charge in [0.2, 0.25) is 0 Å². The monoisotopic (exact) mass is 219 g/mol. The highest BCUT2D eigenvalue weighted by Crippen LogP contribution is 2.35. The highest BCUT2D eigenvalue weighted by atomic mass is 32.1. The van der Waals surface area contributed by atoms with Gasteiger partial charge in [-0.1, -0.05) is 0 Å². The molecule has 2 aromatic rings. The Balaban J connectivity index is 1.93. The third kappa shape index (κ3) is 1.52. The van der Waals surface area contributed by atoms with E-state index in [0.29, 0.717) is 0 Å². The first kappa shape index (κ1) is 9.19. The standard InChI is InChI=1S/C12H13NOS/c14-12(9-4-2-6-13-9)11-7-8-3-1-5-10(8)15-11/h2,4,6-7,12-14H,1,3,5H2. The van der Waals surface area contributed by atoms with Crippen LogP contribution in [0.3, 0.4) is 0 Å². The predicted molar refractivity (Wildman–Crippen MR) is 61.2 cm³/mol. The van der Waals surface area contributed by atoms with Crippen molar-refractivity contribution in [2.45, 2.75) is 25.4 Å². The van der Waals surface area contributed by atoms with Crippen LogP contribution in [0.1, 0.15) is 33.5 Å². The zero-order valence-corrected chi connectivity index (χ0v) is 9.18. The highest BCUT2D eigenvalue weighted by Gasteiger charge is 2.19. The number of aromatic nitrogens is 1. The lowest BCUT2D eigenvalue weighted by molar-refractivity contribution is 0.220. The molecule has 0 saturated heterocycles. The fourth-order valence-corrected chi connectivity index (χ4v) is 3.42. The van der Waals surface area contributed by atoms with E-state index in [4.69, 9.17) is 0 Å². The third-order valence-electron chi connectivity index (χ3n) is 2.95. The summed E-state index contributed by atoms with van der Waals surface area (Å²) >= 11 is 1.76. The van der Waals surface area contributed by atoms with Crippen molar-refractivity contribution in [1.29, 1.82) is 0 Å². The second-order valence-corrected chi connectivity index (χ2v) is 5.15. The molecule has 0 bridgehead atoms. The lowest BCUT2D eigenvalue weighted by Crippen LogP contribution is -1.96. The predicted octanol–water partition coefficient (Wildman–Crippen LogP) is 2.65. The minimum atomic E-state index is -0.476. The fraction of sp³-hybridized carbons (Fsp3) is 0.333. The molecule has 78 valence electrons. The van der Waals surface area contributed by atoms with Gasteiger partial charge in [0.1, 0.15) is 6.10 Å². The molecule has 1 aliphatic carbocycles. The average molecular weight is 219 g/mol. The number of H-pyrrole nitrogens is 1. The lowest BCUT2D eigenvalue weighted by atomic mass is 10.2.